The summed E-state index contributed by atoms with van der Waals surface area (Å²) in [7, 11) is 0. The molecule has 0 radical (unpaired) electrons. The Morgan fingerprint density at radius 3 is 2.61 bits per heavy atom. The van der Waals surface area contributed by atoms with Crippen LogP contribution in [-0.2, 0) is 20.7 Å². The molecule has 1 aromatic carbocycles. The van der Waals surface area contributed by atoms with Crippen molar-refractivity contribution in [3.63, 3.8) is 0 Å². The summed E-state index contributed by atoms with van der Waals surface area (Å²) in [4.78, 5) is 28.4. The van der Waals surface area contributed by atoms with E-state index in [0.717, 1.165) is 5.56 Å². The Bertz CT molecular complexity index is 811. The molecule has 28 heavy (non-hydrogen) atoms. The van der Waals surface area contributed by atoms with Gasteiger partial charge in [-0.1, -0.05) is 36.4 Å². The van der Waals surface area contributed by atoms with Crippen molar-refractivity contribution in [3.05, 3.63) is 72.6 Å². The molecule has 0 bridgehead atoms. The van der Waals surface area contributed by atoms with Crippen LogP contribution in [0, 0.1) is 0 Å². The second-order valence-corrected chi connectivity index (χ2v) is 6.53. The van der Waals surface area contributed by atoms with Crippen LogP contribution in [0.4, 0.5) is 5.69 Å². The van der Waals surface area contributed by atoms with E-state index in [9.17, 15) is 14.7 Å². The SMILES string of the molecule is O=C(C[C@H]1C=C[C@H](NC(=O)Cc2cccnc2)[C@H](CO)O1)Nc1ccccc1. The standard InChI is InChI=1S/C21H23N3O4/c25-14-19-18(24-20(26)11-15-5-4-10-22-13-15)9-8-17(28-19)12-21(27)23-16-6-2-1-3-7-16/h1-10,13,17-19,25H,11-12,14H2,(H,23,27)(H,24,26)/t17-,18+,19+/m1/s1. The lowest BCUT2D eigenvalue weighted by Crippen LogP contribution is -2.49. The fourth-order valence-electron chi connectivity index (χ4n) is 2.98. The zero-order chi connectivity index (χ0) is 19.8. The first-order chi connectivity index (χ1) is 13.6. The molecule has 0 saturated carbocycles. The van der Waals surface area contributed by atoms with E-state index < -0.39 is 18.2 Å². The molecule has 0 spiro atoms. The Morgan fingerprint density at radius 1 is 1.07 bits per heavy atom. The first-order valence-corrected chi connectivity index (χ1v) is 9.12. The van der Waals surface area contributed by atoms with E-state index in [1.54, 1.807) is 42.7 Å². The zero-order valence-corrected chi connectivity index (χ0v) is 15.3. The maximum absolute atomic E-state index is 12.2. The molecule has 2 aromatic rings. The summed E-state index contributed by atoms with van der Waals surface area (Å²) < 4.78 is 5.78. The van der Waals surface area contributed by atoms with Crippen molar-refractivity contribution in [2.24, 2.45) is 0 Å². The van der Waals surface area contributed by atoms with E-state index in [-0.39, 0.29) is 31.3 Å². The van der Waals surface area contributed by atoms with Gasteiger partial charge in [-0.2, -0.15) is 0 Å². The lowest BCUT2D eigenvalue weighted by atomic mass is 10.0. The lowest BCUT2D eigenvalue weighted by molar-refractivity contribution is -0.125. The molecule has 1 aliphatic heterocycles. The van der Waals surface area contributed by atoms with Gasteiger partial charge in [0.2, 0.25) is 11.8 Å². The number of hydrogen-bond acceptors (Lipinski definition) is 5. The number of carbonyl (C=O) groups excluding carboxylic acids is 2. The summed E-state index contributed by atoms with van der Waals surface area (Å²) in [6.45, 7) is -0.265. The highest BCUT2D eigenvalue weighted by Crippen LogP contribution is 2.17. The average molecular weight is 381 g/mol. The molecule has 7 heteroatoms. The van der Waals surface area contributed by atoms with Crippen LogP contribution in [0.3, 0.4) is 0 Å². The fourth-order valence-corrected chi connectivity index (χ4v) is 2.98. The van der Waals surface area contributed by atoms with Gasteiger partial charge in [-0.25, -0.2) is 0 Å². The maximum atomic E-state index is 12.2. The number of anilines is 1. The lowest BCUT2D eigenvalue weighted by Gasteiger charge is -2.31. The number of aliphatic hydroxyl groups excluding tert-OH is 1. The molecule has 2 heterocycles. The largest absolute Gasteiger partial charge is 0.394 e. The highest BCUT2D eigenvalue weighted by atomic mass is 16.5. The normalized spacial score (nSPS) is 21.1. The van der Waals surface area contributed by atoms with Gasteiger partial charge >= 0.3 is 0 Å². The molecule has 0 aliphatic carbocycles. The minimum atomic E-state index is -0.614. The van der Waals surface area contributed by atoms with Crippen molar-refractivity contribution in [3.8, 4) is 0 Å². The van der Waals surface area contributed by atoms with Gasteiger partial charge in [0.15, 0.2) is 0 Å². The number of nitrogens with zero attached hydrogens (tertiary/aromatic N) is 1. The van der Waals surface area contributed by atoms with Crippen molar-refractivity contribution in [1.82, 2.24) is 10.3 Å². The van der Waals surface area contributed by atoms with Gasteiger partial charge in [0, 0.05) is 18.1 Å². The first-order valence-electron chi connectivity index (χ1n) is 9.12. The van der Waals surface area contributed by atoms with E-state index in [1.807, 2.05) is 24.3 Å². The molecule has 1 aliphatic rings. The number of carbonyl (C=O) groups is 2. The average Bonchev–Trinajstić information content (AvgIpc) is 2.70. The van der Waals surface area contributed by atoms with Crippen LogP contribution in [0.2, 0.25) is 0 Å². The number of aliphatic hydroxyl groups is 1. The number of amides is 2. The van der Waals surface area contributed by atoms with Gasteiger partial charge in [-0.3, -0.25) is 14.6 Å². The van der Waals surface area contributed by atoms with E-state index >= 15 is 0 Å². The second-order valence-electron chi connectivity index (χ2n) is 6.53. The van der Waals surface area contributed by atoms with Crippen molar-refractivity contribution in [2.75, 3.05) is 11.9 Å². The molecule has 7 nitrogen and oxygen atoms in total. The Hall–Kier alpha value is -3.03. The molecule has 1 aromatic heterocycles. The molecule has 2 amide bonds. The Kier molecular flexibility index (Phi) is 6.89. The molecule has 146 valence electrons. The third-order valence-electron chi connectivity index (χ3n) is 4.32. The smallest absolute Gasteiger partial charge is 0.227 e. The Labute approximate surface area is 163 Å². The summed E-state index contributed by atoms with van der Waals surface area (Å²) in [6, 6.07) is 12.3. The number of nitrogens with one attached hydrogen (secondary N) is 2. The van der Waals surface area contributed by atoms with Crippen molar-refractivity contribution in [2.45, 2.75) is 31.1 Å². The van der Waals surface area contributed by atoms with E-state index in [4.69, 9.17) is 4.74 Å². The molecule has 3 atom stereocenters. The summed E-state index contributed by atoms with van der Waals surface area (Å²) in [5, 5.41) is 15.3. The summed E-state index contributed by atoms with van der Waals surface area (Å²) >= 11 is 0. The number of ether oxygens (including phenoxy) is 1. The predicted molar refractivity (Wildman–Crippen MR) is 104 cm³/mol. The van der Waals surface area contributed by atoms with Crippen LogP contribution in [0.1, 0.15) is 12.0 Å². The summed E-state index contributed by atoms with van der Waals surface area (Å²) in [5.41, 5.74) is 1.52. The van der Waals surface area contributed by atoms with Gasteiger partial charge in [0.25, 0.3) is 0 Å². The van der Waals surface area contributed by atoms with Crippen LogP contribution < -0.4 is 10.6 Å². The number of hydrogen-bond donors (Lipinski definition) is 3. The van der Waals surface area contributed by atoms with Crippen LogP contribution >= 0.6 is 0 Å². The minimum Gasteiger partial charge on any atom is -0.394 e. The molecule has 0 fully saturated rings. The summed E-state index contributed by atoms with van der Waals surface area (Å²) in [6.07, 6.45) is 6.03. The van der Waals surface area contributed by atoms with Crippen LogP contribution in [0.15, 0.2) is 67.0 Å². The number of benzene rings is 1. The second kappa shape index (κ2) is 9.77. The minimum absolute atomic E-state index is 0.123. The van der Waals surface area contributed by atoms with Gasteiger partial charge in [0.05, 0.1) is 31.6 Å². The van der Waals surface area contributed by atoms with Crippen LogP contribution in [0.5, 0.6) is 0 Å². The molecule has 3 N–H and O–H groups in total. The highest BCUT2D eigenvalue weighted by molar-refractivity contribution is 5.91. The Balaban J connectivity index is 1.53. The zero-order valence-electron chi connectivity index (χ0n) is 15.3. The summed E-state index contributed by atoms with van der Waals surface area (Å²) in [5.74, 6) is -0.374. The molecular weight excluding hydrogens is 358 g/mol. The number of para-hydroxylation sites is 1. The maximum Gasteiger partial charge on any atom is 0.227 e. The van der Waals surface area contributed by atoms with Crippen molar-refractivity contribution >= 4 is 17.5 Å². The third-order valence-corrected chi connectivity index (χ3v) is 4.32. The highest BCUT2D eigenvalue weighted by Gasteiger charge is 2.29. The number of pyridine rings is 1. The van der Waals surface area contributed by atoms with Gasteiger partial charge in [-0.15, -0.1) is 0 Å². The van der Waals surface area contributed by atoms with Crippen LogP contribution in [0.25, 0.3) is 0 Å². The van der Waals surface area contributed by atoms with Crippen LogP contribution in [-0.4, -0.2) is 46.8 Å². The topological polar surface area (TPSA) is 101 Å². The molecule has 0 saturated heterocycles. The number of rotatable bonds is 7. The molecule has 3 rings (SSSR count). The van der Waals surface area contributed by atoms with Crippen molar-refractivity contribution in [1.29, 1.82) is 0 Å². The first kappa shape index (κ1) is 19.7. The monoisotopic (exact) mass is 381 g/mol. The van der Waals surface area contributed by atoms with E-state index in [1.165, 1.54) is 0 Å². The van der Waals surface area contributed by atoms with E-state index in [0.29, 0.717) is 5.69 Å². The van der Waals surface area contributed by atoms with Gasteiger partial charge < -0.3 is 20.5 Å². The molecular formula is C21H23N3O4. The molecule has 0 unspecified atom stereocenters. The predicted octanol–water partition coefficient (Wildman–Crippen LogP) is 1.45. The van der Waals surface area contributed by atoms with Gasteiger partial charge in [-0.05, 0) is 23.8 Å². The Morgan fingerprint density at radius 2 is 1.89 bits per heavy atom. The fraction of sp³-hybridized carbons (Fsp3) is 0.286. The van der Waals surface area contributed by atoms with Crippen molar-refractivity contribution < 1.29 is 19.4 Å². The van der Waals surface area contributed by atoms with Gasteiger partial charge in [0.1, 0.15) is 6.10 Å². The van der Waals surface area contributed by atoms with E-state index in [2.05, 4.69) is 15.6 Å². The number of aromatic nitrogens is 1. The third kappa shape index (κ3) is 5.73. The quantitative estimate of drug-likeness (QED) is 0.631.